The van der Waals surface area contributed by atoms with Crippen LogP contribution in [0.25, 0.3) is 22.6 Å². The molecule has 4 rings (SSSR count). The molecule has 0 bridgehead atoms. The highest BCUT2D eigenvalue weighted by Crippen LogP contribution is 2.27. The van der Waals surface area contributed by atoms with Crippen molar-refractivity contribution >= 4 is 40.0 Å². The summed E-state index contributed by atoms with van der Waals surface area (Å²) < 4.78 is 5.85. The van der Waals surface area contributed by atoms with Gasteiger partial charge in [0, 0.05) is 16.8 Å². The Morgan fingerprint density at radius 2 is 1.83 bits per heavy atom. The van der Waals surface area contributed by atoms with E-state index in [1.165, 1.54) is 0 Å². The summed E-state index contributed by atoms with van der Waals surface area (Å²) in [6.07, 6.45) is 0. The topological polar surface area (TPSA) is 67.2 Å². The van der Waals surface area contributed by atoms with Gasteiger partial charge in [-0.2, -0.15) is 0 Å². The van der Waals surface area contributed by atoms with Gasteiger partial charge in [-0.25, -0.2) is 4.98 Å². The predicted molar refractivity (Wildman–Crippen MR) is 119 cm³/mol. The van der Waals surface area contributed by atoms with Gasteiger partial charge in [0.2, 0.25) is 5.89 Å². The molecular formula is C23H19N3O2S. The first kappa shape index (κ1) is 18.8. The summed E-state index contributed by atoms with van der Waals surface area (Å²) in [5, 5.41) is 6.05. The van der Waals surface area contributed by atoms with Gasteiger partial charge in [0.1, 0.15) is 5.52 Å². The standard InChI is InChI=1S/C23H19N3O2S/c1-14-6-5-7-16(12-14)21(27)26-23(29)25-19-13-17(11-10-15(19)2)22-24-18-8-3-4-9-20(18)28-22/h3-13H,1-2H3,(H2,25,26,27,29). The van der Waals surface area contributed by atoms with Gasteiger partial charge in [0.05, 0.1) is 0 Å². The maximum absolute atomic E-state index is 12.4. The molecule has 0 radical (unpaired) electrons. The molecule has 1 aromatic heterocycles. The van der Waals surface area contributed by atoms with E-state index in [-0.39, 0.29) is 11.0 Å². The number of aryl methyl sites for hydroxylation is 2. The van der Waals surface area contributed by atoms with E-state index >= 15 is 0 Å². The molecule has 0 aliphatic heterocycles. The van der Waals surface area contributed by atoms with Gasteiger partial charge in [-0.1, -0.05) is 35.9 Å². The average Bonchev–Trinajstić information content (AvgIpc) is 3.14. The smallest absolute Gasteiger partial charge is 0.257 e. The highest BCUT2D eigenvalue weighted by molar-refractivity contribution is 7.80. The Morgan fingerprint density at radius 1 is 1.00 bits per heavy atom. The maximum atomic E-state index is 12.4. The van der Waals surface area contributed by atoms with Crippen molar-refractivity contribution in [2.45, 2.75) is 13.8 Å². The number of nitrogens with zero attached hydrogens (tertiary/aromatic N) is 1. The minimum Gasteiger partial charge on any atom is -0.436 e. The Hall–Kier alpha value is -3.51. The number of hydrogen-bond acceptors (Lipinski definition) is 4. The molecule has 3 aromatic carbocycles. The Kier molecular flexibility index (Phi) is 5.10. The van der Waals surface area contributed by atoms with Crippen LogP contribution in [0.5, 0.6) is 0 Å². The normalized spacial score (nSPS) is 10.7. The van der Waals surface area contributed by atoms with Crippen LogP contribution in [0, 0.1) is 13.8 Å². The third kappa shape index (κ3) is 4.17. The number of benzene rings is 3. The van der Waals surface area contributed by atoms with Gasteiger partial charge in [0.15, 0.2) is 10.7 Å². The lowest BCUT2D eigenvalue weighted by Gasteiger charge is -2.13. The lowest BCUT2D eigenvalue weighted by Crippen LogP contribution is -2.34. The van der Waals surface area contributed by atoms with Crippen LogP contribution in [0.4, 0.5) is 5.69 Å². The second-order valence-electron chi connectivity index (χ2n) is 6.79. The molecule has 1 heterocycles. The van der Waals surface area contributed by atoms with Crippen molar-refractivity contribution in [3.8, 4) is 11.5 Å². The number of oxazole rings is 1. The van der Waals surface area contributed by atoms with E-state index in [0.29, 0.717) is 11.5 Å². The number of hydrogen-bond donors (Lipinski definition) is 2. The summed E-state index contributed by atoms with van der Waals surface area (Å²) in [6, 6.07) is 20.8. The Morgan fingerprint density at radius 3 is 2.62 bits per heavy atom. The number of thiocarbonyl (C=S) groups is 1. The zero-order valence-electron chi connectivity index (χ0n) is 16.0. The van der Waals surface area contributed by atoms with E-state index < -0.39 is 0 Å². The van der Waals surface area contributed by atoms with Crippen molar-refractivity contribution in [3.05, 3.63) is 83.4 Å². The zero-order chi connectivity index (χ0) is 20.4. The molecule has 0 fully saturated rings. The summed E-state index contributed by atoms with van der Waals surface area (Å²) in [7, 11) is 0. The van der Waals surface area contributed by atoms with E-state index in [4.69, 9.17) is 16.6 Å². The first-order valence-corrected chi connectivity index (χ1v) is 9.56. The van der Waals surface area contributed by atoms with Gasteiger partial charge in [0.25, 0.3) is 5.91 Å². The average molecular weight is 401 g/mol. The number of anilines is 1. The predicted octanol–water partition coefficient (Wildman–Crippen LogP) is 5.24. The quantitative estimate of drug-likeness (QED) is 0.460. The van der Waals surface area contributed by atoms with Crippen LogP contribution in [0.15, 0.2) is 71.1 Å². The molecule has 144 valence electrons. The fourth-order valence-corrected chi connectivity index (χ4v) is 3.20. The summed E-state index contributed by atoms with van der Waals surface area (Å²) in [6.45, 7) is 3.90. The third-order valence-electron chi connectivity index (χ3n) is 4.53. The number of para-hydroxylation sites is 2. The molecule has 6 heteroatoms. The highest BCUT2D eigenvalue weighted by atomic mass is 32.1. The molecule has 29 heavy (non-hydrogen) atoms. The number of rotatable bonds is 3. The molecule has 0 aliphatic rings. The van der Waals surface area contributed by atoms with E-state index in [1.807, 2.05) is 74.5 Å². The molecule has 0 saturated carbocycles. The molecule has 4 aromatic rings. The molecular weight excluding hydrogens is 382 g/mol. The fraction of sp³-hybridized carbons (Fsp3) is 0.0870. The summed E-state index contributed by atoms with van der Waals surface area (Å²) >= 11 is 5.34. The van der Waals surface area contributed by atoms with E-state index in [1.54, 1.807) is 6.07 Å². The number of fused-ring (bicyclic) bond motifs is 1. The third-order valence-corrected chi connectivity index (χ3v) is 4.74. The Labute approximate surface area is 173 Å². The zero-order valence-corrected chi connectivity index (χ0v) is 16.8. The van der Waals surface area contributed by atoms with Crippen molar-refractivity contribution in [3.63, 3.8) is 0 Å². The number of nitrogens with one attached hydrogen (secondary N) is 2. The van der Waals surface area contributed by atoms with Crippen LogP contribution in [-0.4, -0.2) is 16.0 Å². The maximum Gasteiger partial charge on any atom is 0.257 e. The summed E-state index contributed by atoms with van der Waals surface area (Å²) in [4.78, 5) is 16.9. The minimum atomic E-state index is -0.251. The number of carbonyl (C=O) groups is 1. The molecule has 0 spiro atoms. The first-order chi connectivity index (χ1) is 14.0. The minimum absolute atomic E-state index is 0.231. The SMILES string of the molecule is Cc1cccc(C(=O)NC(=S)Nc2cc(-c3nc4ccccc4o3)ccc2C)c1. The van der Waals surface area contributed by atoms with Crippen LogP contribution in [0.1, 0.15) is 21.5 Å². The molecule has 0 aliphatic carbocycles. The number of aromatic nitrogens is 1. The van der Waals surface area contributed by atoms with E-state index in [9.17, 15) is 4.79 Å². The Balaban J connectivity index is 1.53. The lowest BCUT2D eigenvalue weighted by molar-refractivity contribution is 0.0977. The lowest BCUT2D eigenvalue weighted by atomic mass is 10.1. The van der Waals surface area contributed by atoms with Crippen molar-refractivity contribution in [1.29, 1.82) is 0 Å². The van der Waals surface area contributed by atoms with Crippen molar-refractivity contribution in [2.24, 2.45) is 0 Å². The van der Waals surface area contributed by atoms with Crippen LogP contribution in [0.2, 0.25) is 0 Å². The second kappa shape index (κ2) is 7.85. The number of carbonyl (C=O) groups excluding carboxylic acids is 1. The van der Waals surface area contributed by atoms with Gasteiger partial charge in [-0.05, 0) is 68.0 Å². The molecule has 0 atom stereocenters. The van der Waals surface area contributed by atoms with Crippen molar-refractivity contribution in [1.82, 2.24) is 10.3 Å². The van der Waals surface area contributed by atoms with E-state index in [0.717, 1.165) is 33.5 Å². The molecule has 0 unspecified atom stereocenters. The molecule has 5 nitrogen and oxygen atoms in total. The van der Waals surface area contributed by atoms with Crippen molar-refractivity contribution in [2.75, 3.05) is 5.32 Å². The molecule has 1 amide bonds. The second-order valence-corrected chi connectivity index (χ2v) is 7.20. The monoisotopic (exact) mass is 401 g/mol. The summed E-state index contributed by atoms with van der Waals surface area (Å²) in [5.74, 6) is 0.280. The van der Waals surface area contributed by atoms with Crippen molar-refractivity contribution < 1.29 is 9.21 Å². The van der Waals surface area contributed by atoms with Gasteiger partial charge in [-0.15, -0.1) is 0 Å². The van der Waals surface area contributed by atoms with Crippen LogP contribution in [-0.2, 0) is 0 Å². The van der Waals surface area contributed by atoms with Crippen LogP contribution >= 0.6 is 12.2 Å². The van der Waals surface area contributed by atoms with Crippen LogP contribution < -0.4 is 10.6 Å². The summed E-state index contributed by atoms with van der Waals surface area (Å²) in [5.41, 5.74) is 5.69. The number of amides is 1. The van der Waals surface area contributed by atoms with Gasteiger partial charge in [-0.3, -0.25) is 10.1 Å². The first-order valence-electron chi connectivity index (χ1n) is 9.15. The Bertz CT molecular complexity index is 1200. The fourth-order valence-electron chi connectivity index (χ4n) is 3.00. The largest absolute Gasteiger partial charge is 0.436 e. The molecule has 2 N–H and O–H groups in total. The van der Waals surface area contributed by atoms with Crippen LogP contribution in [0.3, 0.4) is 0 Å². The van der Waals surface area contributed by atoms with E-state index in [2.05, 4.69) is 15.6 Å². The van der Waals surface area contributed by atoms with Gasteiger partial charge < -0.3 is 9.73 Å². The molecule has 0 saturated heterocycles. The highest BCUT2D eigenvalue weighted by Gasteiger charge is 2.12. The van der Waals surface area contributed by atoms with Gasteiger partial charge >= 0.3 is 0 Å².